The van der Waals surface area contributed by atoms with Crippen LogP contribution in [-0.4, -0.2) is 52.6 Å². The summed E-state index contributed by atoms with van der Waals surface area (Å²) in [6.45, 7) is 0. The van der Waals surface area contributed by atoms with Crippen LogP contribution in [0.3, 0.4) is 0 Å². The van der Waals surface area contributed by atoms with Crippen LogP contribution < -0.4 is 19.5 Å². The molecule has 10 nitrogen and oxygen atoms in total. The zero-order valence-corrected chi connectivity index (χ0v) is 13.8. The summed E-state index contributed by atoms with van der Waals surface area (Å²) in [5.74, 6) is -1.02. The number of aromatic nitrogens is 2. The number of carboxylic acids is 1. The van der Waals surface area contributed by atoms with Gasteiger partial charge in [0.05, 0.1) is 26.1 Å². The summed E-state index contributed by atoms with van der Waals surface area (Å²) in [6, 6.07) is 3.12. The van der Waals surface area contributed by atoms with Crippen molar-refractivity contribution in [3.8, 4) is 17.2 Å². The average molecular weight is 361 g/mol. The lowest BCUT2D eigenvalue weighted by molar-refractivity contribution is -0.115. The fraction of sp³-hybridized carbons (Fsp3) is 0.188. The first-order valence-corrected chi connectivity index (χ1v) is 7.35. The number of carbonyl (C=O) groups excluding carboxylic acids is 1. The molecule has 1 unspecified atom stereocenters. The predicted molar refractivity (Wildman–Crippen MR) is 88.3 cm³/mol. The number of hydrogen-bond donors (Lipinski definition) is 4. The summed E-state index contributed by atoms with van der Waals surface area (Å²) in [6.07, 6.45) is 1.00. The van der Waals surface area contributed by atoms with Crippen LogP contribution >= 0.6 is 0 Å². The topological polar surface area (TPSA) is 143 Å². The van der Waals surface area contributed by atoms with Crippen LogP contribution in [0.4, 0.5) is 5.82 Å². The van der Waals surface area contributed by atoms with E-state index in [9.17, 15) is 14.7 Å². The molecule has 1 aromatic carbocycles. The molecule has 2 heterocycles. The normalized spacial score (nSPS) is 15.3. The summed E-state index contributed by atoms with van der Waals surface area (Å²) >= 11 is 0. The molecular weight excluding hydrogens is 346 g/mol. The number of benzene rings is 1. The Bertz CT molecular complexity index is 903. The number of aliphatic hydroxyl groups is 1. The van der Waals surface area contributed by atoms with Crippen LogP contribution in [-0.2, 0) is 4.79 Å². The van der Waals surface area contributed by atoms with Crippen molar-refractivity contribution in [3.05, 3.63) is 35.3 Å². The second-order valence-electron chi connectivity index (χ2n) is 5.20. The fourth-order valence-electron chi connectivity index (χ4n) is 2.43. The summed E-state index contributed by atoms with van der Waals surface area (Å²) < 4.78 is 15.7. The Kier molecular flexibility index (Phi) is 4.50. The lowest BCUT2D eigenvalue weighted by Gasteiger charge is -2.23. The molecule has 1 amide bonds. The second-order valence-corrected chi connectivity index (χ2v) is 5.20. The molecule has 0 aliphatic carbocycles. The Morgan fingerprint density at radius 1 is 1.27 bits per heavy atom. The van der Waals surface area contributed by atoms with Gasteiger partial charge in [-0.05, 0) is 12.1 Å². The van der Waals surface area contributed by atoms with Crippen molar-refractivity contribution in [2.75, 3.05) is 19.5 Å². The first-order chi connectivity index (χ1) is 12.4. The van der Waals surface area contributed by atoms with E-state index in [4.69, 9.17) is 19.3 Å². The number of fused-ring (bicyclic) bond motifs is 1. The maximum Gasteiger partial charge on any atom is 0.358 e. The molecule has 0 radical (unpaired) electrons. The number of aromatic amines is 1. The first kappa shape index (κ1) is 17.3. The maximum absolute atomic E-state index is 12.4. The Balaban J connectivity index is 1.92. The minimum atomic E-state index is -1.54. The number of nitrogens with zero attached hydrogens (tertiary/aromatic N) is 1. The van der Waals surface area contributed by atoms with Crippen molar-refractivity contribution in [2.24, 2.45) is 0 Å². The molecule has 0 fully saturated rings. The number of amides is 1. The number of anilines is 1. The van der Waals surface area contributed by atoms with E-state index in [1.807, 2.05) is 0 Å². The molecule has 0 saturated heterocycles. The van der Waals surface area contributed by atoms with Crippen molar-refractivity contribution in [1.29, 1.82) is 0 Å². The Labute approximate surface area is 147 Å². The number of rotatable bonds is 5. The molecular formula is C16H15N3O7. The zero-order valence-electron chi connectivity index (χ0n) is 13.8. The predicted octanol–water partition coefficient (Wildman–Crippen LogP) is 0.858. The zero-order chi connectivity index (χ0) is 18.8. The third kappa shape index (κ3) is 3.05. The van der Waals surface area contributed by atoms with E-state index in [0.717, 1.165) is 6.33 Å². The molecule has 3 rings (SSSR count). The molecule has 0 saturated carbocycles. The largest absolute Gasteiger partial charge is 0.493 e. The summed E-state index contributed by atoms with van der Waals surface area (Å²) in [5, 5.41) is 21.5. The number of aliphatic hydroxyl groups excluding tert-OH is 1. The van der Waals surface area contributed by atoms with Gasteiger partial charge in [-0.1, -0.05) is 0 Å². The van der Waals surface area contributed by atoms with Crippen molar-refractivity contribution in [1.82, 2.24) is 9.97 Å². The van der Waals surface area contributed by atoms with Crippen LogP contribution in [0.15, 0.2) is 24.0 Å². The van der Waals surface area contributed by atoms with Gasteiger partial charge in [-0.2, -0.15) is 0 Å². The maximum atomic E-state index is 12.4. The molecule has 0 spiro atoms. The molecule has 10 heteroatoms. The molecule has 1 aliphatic rings. The molecule has 2 aromatic rings. The SMILES string of the molecule is COc1cc2c(cc1OC)OC(O)C(C(=O)Nc1[nH]cnc1C(=O)O)=C2. The van der Waals surface area contributed by atoms with Crippen molar-refractivity contribution < 1.29 is 34.0 Å². The number of nitrogens with one attached hydrogen (secondary N) is 2. The molecule has 1 atom stereocenters. The summed E-state index contributed by atoms with van der Waals surface area (Å²) in [7, 11) is 2.93. The second kappa shape index (κ2) is 6.76. The van der Waals surface area contributed by atoms with Gasteiger partial charge in [0.15, 0.2) is 17.2 Å². The number of imidazole rings is 1. The van der Waals surface area contributed by atoms with Crippen LogP contribution in [0, 0.1) is 0 Å². The summed E-state index contributed by atoms with van der Waals surface area (Å²) in [4.78, 5) is 29.6. The smallest absolute Gasteiger partial charge is 0.358 e. The monoisotopic (exact) mass is 361 g/mol. The van der Waals surface area contributed by atoms with E-state index >= 15 is 0 Å². The van der Waals surface area contributed by atoms with Gasteiger partial charge >= 0.3 is 5.97 Å². The van der Waals surface area contributed by atoms with Gasteiger partial charge in [0.2, 0.25) is 6.29 Å². The number of ether oxygens (including phenoxy) is 3. The highest BCUT2D eigenvalue weighted by Crippen LogP contribution is 2.38. The fourth-order valence-corrected chi connectivity index (χ4v) is 2.43. The molecule has 1 aliphatic heterocycles. The molecule has 1 aromatic heterocycles. The number of carbonyl (C=O) groups is 2. The Morgan fingerprint density at radius 2 is 1.96 bits per heavy atom. The van der Waals surface area contributed by atoms with Crippen LogP contribution in [0.1, 0.15) is 16.1 Å². The Hall–Kier alpha value is -3.53. The highest BCUT2D eigenvalue weighted by atomic mass is 16.6. The van der Waals surface area contributed by atoms with E-state index in [1.54, 1.807) is 6.07 Å². The van der Waals surface area contributed by atoms with E-state index in [1.165, 1.54) is 26.4 Å². The molecule has 4 N–H and O–H groups in total. The van der Waals surface area contributed by atoms with Gasteiger partial charge in [-0.25, -0.2) is 9.78 Å². The van der Waals surface area contributed by atoms with E-state index < -0.39 is 18.2 Å². The van der Waals surface area contributed by atoms with Crippen LogP contribution in [0.25, 0.3) is 6.08 Å². The van der Waals surface area contributed by atoms with E-state index in [0.29, 0.717) is 22.8 Å². The molecule has 0 bridgehead atoms. The number of carboxylic acid groups (broad SMARTS) is 1. The van der Waals surface area contributed by atoms with Gasteiger partial charge in [0, 0.05) is 11.6 Å². The van der Waals surface area contributed by atoms with Gasteiger partial charge in [0.1, 0.15) is 11.6 Å². The van der Waals surface area contributed by atoms with Crippen molar-refractivity contribution in [2.45, 2.75) is 6.29 Å². The third-order valence-electron chi connectivity index (χ3n) is 3.67. The average Bonchev–Trinajstić information content (AvgIpc) is 3.08. The third-order valence-corrected chi connectivity index (χ3v) is 3.67. The quantitative estimate of drug-likeness (QED) is 0.614. The van der Waals surface area contributed by atoms with Gasteiger partial charge in [-0.15, -0.1) is 0 Å². The highest BCUT2D eigenvalue weighted by Gasteiger charge is 2.28. The Morgan fingerprint density at radius 3 is 2.62 bits per heavy atom. The van der Waals surface area contributed by atoms with Crippen molar-refractivity contribution >= 4 is 23.8 Å². The first-order valence-electron chi connectivity index (χ1n) is 7.35. The van der Waals surface area contributed by atoms with E-state index in [2.05, 4.69) is 15.3 Å². The number of aromatic carboxylic acids is 1. The lowest BCUT2D eigenvalue weighted by Crippen LogP contribution is -2.30. The molecule has 136 valence electrons. The molecule has 26 heavy (non-hydrogen) atoms. The summed E-state index contributed by atoms with van der Waals surface area (Å²) in [5.41, 5.74) is 0.0220. The van der Waals surface area contributed by atoms with E-state index in [-0.39, 0.29) is 17.1 Å². The van der Waals surface area contributed by atoms with Crippen LogP contribution in [0.2, 0.25) is 0 Å². The lowest BCUT2D eigenvalue weighted by atomic mass is 10.0. The van der Waals surface area contributed by atoms with Gasteiger partial charge < -0.3 is 34.7 Å². The minimum absolute atomic E-state index is 0.103. The number of hydrogen-bond acceptors (Lipinski definition) is 7. The number of methoxy groups -OCH3 is 2. The van der Waals surface area contributed by atoms with Gasteiger partial charge in [0.25, 0.3) is 5.91 Å². The minimum Gasteiger partial charge on any atom is -0.493 e. The number of H-pyrrole nitrogens is 1. The van der Waals surface area contributed by atoms with Crippen molar-refractivity contribution in [3.63, 3.8) is 0 Å². The van der Waals surface area contributed by atoms with Crippen LogP contribution in [0.5, 0.6) is 17.2 Å². The van der Waals surface area contributed by atoms with Gasteiger partial charge in [-0.3, -0.25) is 4.79 Å². The highest BCUT2D eigenvalue weighted by molar-refractivity contribution is 6.09. The standard InChI is InChI=1S/C16H15N3O7/c1-24-10-4-7-3-8(16(23)26-9(7)5-11(10)25-2)14(20)19-13-12(15(21)22)17-6-18-13/h3-6,16,23H,1-2H3,(H,17,18)(H,19,20)(H,21,22).